The van der Waals surface area contributed by atoms with E-state index in [2.05, 4.69) is 5.32 Å². The first-order valence-corrected chi connectivity index (χ1v) is 8.59. The largest absolute Gasteiger partial charge is 0.382 e. The summed E-state index contributed by atoms with van der Waals surface area (Å²) in [5.41, 5.74) is 0. The number of imide groups is 1. The minimum Gasteiger partial charge on any atom is -0.382 e. The lowest BCUT2D eigenvalue weighted by Gasteiger charge is -2.14. The normalized spacial score (nSPS) is 18.1. The van der Waals surface area contributed by atoms with Gasteiger partial charge in [-0.1, -0.05) is 0 Å². The van der Waals surface area contributed by atoms with Crippen molar-refractivity contribution >= 4 is 29.5 Å². The lowest BCUT2D eigenvalue weighted by molar-refractivity contribution is -0.138. The van der Waals surface area contributed by atoms with Crippen LogP contribution in [0.4, 0.5) is 0 Å². The van der Waals surface area contributed by atoms with E-state index in [-0.39, 0.29) is 42.4 Å². The van der Waals surface area contributed by atoms with Crippen LogP contribution in [0.5, 0.6) is 0 Å². The van der Waals surface area contributed by atoms with Gasteiger partial charge < -0.3 is 14.8 Å². The summed E-state index contributed by atoms with van der Waals surface area (Å²) in [4.78, 5) is 36.4. The van der Waals surface area contributed by atoms with Crippen molar-refractivity contribution in [1.82, 2.24) is 10.2 Å². The summed E-state index contributed by atoms with van der Waals surface area (Å²) in [6, 6.07) is 0. The fraction of sp³-hybridized carbons (Fsp3) is 0.786. The molecule has 0 saturated carbocycles. The molecule has 0 spiro atoms. The van der Waals surface area contributed by atoms with Gasteiger partial charge in [-0.15, -0.1) is 0 Å². The summed E-state index contributed by atoms with van der Waals surface area (Å²) in [7, 11) is 1.61. The predicted octanol–water partition coefficient (Wildman–Crippen LogP) is 0.0363. The van der Waals surface area contributed by atoms with Gasteiger partial charge in [-0.2, -0.15) is 11.8 Å². The van der Waals surface area contributed by atoms with Crippen molar-refractivity contribution in [3.63, 3.8) is 0 Å². The summed E-state index contributed by atoms with van der Waals surface area (Å²) in [6.45, 7) is 2.33. The lowest BCUT2D eigenvalue weighted by atomic mass is 10.3. The maximum Gasteiger partial charge on any atom is 0.242 e. The summed E-state index contributed by atoms with van der Waals surface area (Å²) < 4.78 is 10.1. The van der Waals surface area contributed by atoms with Crippen molar-refractivity contribution in [3.05, 3.63) is 0 Å². The van der Waals surface area contributed by atoms with Crippen molar-refractivity contribution in [2.45, 2.75) is 24.5 Å². The van der Waals surface area contributed by atoms with E-state index in [9.17, 15) is 14.4 Å². The Hall–Kier alpha value is -1.12. The Kier molecular flexibility index (Phi) is 9.10. The molecular weight excluding hydrogens is 308 g/mol. The molecule has 0 radical (unpaired) electrons. The Balaban J connectivity index is 2.11. The molecule has 8 heteroatoms. The van der Waals surface area contributed by atoms with Gasteiger partial charge in [-0.05, 0) is 12.7 Å². The number of nitrogens with zero attached hydrogens (tertiary/aromatic N) is 1. The van der Waals surface area contributed by atoms with Crippen molar-refractivity contribution in [2.75, 3.05) is 46.3 Å². The number of thioether (sulfide) groups is 1. The minimum absolute atomic E-state index is 0.142. The van der Waals surface area contributed by atoms with E-state index in [4.69, 9.17) is 9.47 Å². The lowest BCUT2D eigenvalue weighted by Crippen LogP contribution is -2.35. The molecule has 0 aromatic rings. The highest BCUT2D eigenvalue weighted by Gasteiger charge is 2.37. The third-order valence-electron chi connectivity index (χ3n) is 3.27. The summed E-state index contributed by atoms with van der Waals surface area (Å²) >= 11 is 1.37. The van der Waals surface area contributed by atoms with Gasteiger partial charge in [-0.3, -0.25) is 19.3 Å². The third-order valence-corrected chi connectivity index (χ3v) is 4.21. The van der Waals surface area contributed by atoms with Gasteiger partial charge in [0.05, 0.1) is 18.5 Å². The SMILES string of the molecule is COCCOCCCNC(=O)CCN1C(=O)CC(SC)C1=O. The van der Waals surface area contributed by atoms with Crippen LogP contribution in [0.3, 0.4) is 0 Å². The summed E-state index contributed by atoms with van der Waals surface area (Å²) in [5, 5.41) is 2.46. The van der Waals surface area contributed by atoms with Crippen LogP contribution >= 0.6 is 11.8 Å². The van der Waals surface area contributed by atoms with Gasteiger partial charge >= 0.3 is 0 Å². The number of carbonyl (C=O) groups is 3. The van der Waals surface area contributed by atoms with Gasteiger partial charge in [0, 0.05) is 39.6 Å². The monoisotopic (exact) mass is 332 g/mol. The number of methoxy groups -OCH3 is 1. The molecule has 22 heavy (non-hydrogen) atoms. The van der Waals surface area contributed by atoms with E-state index in [0.29, 0.717) is 32.8 Å². The maximum atomic E-state index is 11.9. The molecule has 1 rings (SSSR count). The number of hydrogen-bond donors (Lipinski definition) is 1. The molecular formula is C14H24N2O5S. The van der Waals surface area contributed by atoms with Crippen molar-refractivity contribution < 1.29 is 23.9 Å². The fourth-order valence-electron chi connectivity index (χ4n) is 2.02. The average Bonchev–Trinajstić information content (AvgIpc) is 2.78. The zero-order chi connectivity index (χ0) is 16.4. The quantitative estimate of drug-likeness (QED) is 0.425. The second-order valence-electron chi connectivity index (χ2n) is 4.87. The van der Waals surface area contributed by atoms with Crippen LogP contribution in [0.25, 0.3) is 0 Å². The Morgan fingerprint density at radius 1 is 1.36 bits per heavy atom. The van der Waals surface area contributed by atoms with Crippen LogP contribution < -0.4 is 5.32 Å². The van der Waals surface area contributed by atoms with E-state index in [0.717, 1.165) is 0 Å². The number of nitrogens with one attached hydrogen (secondary N) is 1. The standard InChI is InChI=1S/C14H24N2O5S/c1-20-8-9-21-7-3-5-15-12(17)4-6-16-13(18)10-11(22-2)14(16)19/h11H,3-10H2,1-2H3,(H,15,17). The number of carbonyl (C=O) groups excluding carboxylic acids is 3. The van der Waals surface area contributed by atoms with Gasteiger partial charge in [-0.25, -0.2) is 0 Å². The van der Waals surface area contributed by atoms with Gasteiger partial charge in [0.15, 0.2) is 0 Å². The molecule has 0 aliphatic carbocycles. The van der Waals surface area contributed by atoms with Gasteiger partial charge in [0.25, 0.3) is 0 Å². The van der Waals surface area contributed by atoms with E-state index < -0.39 is 0 Å². The number of rotatable bonds is 11. The molecule has 0 bridgehead atoms. The number of amides is 3. The molecule has 1 unspecified atom stereocenters. The first-order valence-electron chi connectivity index (χ1n) is 7.30. The van der Waals surface area contributed by atoms with E-state index in [1.807, 2.05) is 0 Å². The second kappa shape index (κ2) is 10.6. The maximum absolute atomic E-state index is 11.9. The highest BCUT2D eigenvalue weighted by molar-refractivity contribution is 8.00. The smallest absolute Gasteiger partial charge is 0.242 e. The highest BCUT2D eigenvalue weighted by atomic mass is 32.2. The Bertz CT molecular complexity index is 391. The van der Waals surface area contributed by atoms with Crippen LogP contribution in [0.1, 0.15) is 19.3 Å². The van der Waals surface area contributed by atoms with Crippen LogP contribution in [-0.4, -0.2) is 74.1 Å². The number of likely N-dealkylation sites (tertiary alicyclic amines) is 1. The molecule has 1 saturated heterocycles. The first kappa shape index (κ1) is 18.9. The zero-order valence-electron chi connectivity index (χ0n) is 13.1. The molecule has 1 N–H and O–H groups in total. The van der Waals surface area contributed by atoms with Gasteiger partial charge in [0.1, 0.15) is 0 Å². The van der Waals surface area contributed by atoms with Crippen LogP contribution in [0.15, 0.2) is 0 Å². The first-order chi connectivity index (χ1) is 10.6. The molecule has 7 nitrogen and oxygen atoms in total. The molecule has 1 atom stereocenters. The molecule has 3 amide bonds. The Morgan fingerprint density at radius 2 is 2.14 bits per heavy atom. The molecule has 1 heterocycles. The molecule has 126 valence electrons. The molecule has 1 fully saturated rings. The highest BCUT2D eigenvalue weighted by Crippen LogP contribution is 2.22. The predicted molar refractivity (Wildman–Crippen MR) is 83.6 cm³/mol. The van der Waals surface area contributed by atoms with Crippen molar-refractivity contribution in [3.8, 4) is 0 Å². The van der Waals surface area contributed by atoms with E-state index in [1.165, 1.54) is 16.7 Å². The van der Waals surface area contributed by atoms with Crippen LogP contribution in [0, 0.1) is 0 Å². The van der Waals surface area contributed by atoms with Crippen LogP contribution in [-0.2, 0) is 23.9 Å². The van der Waals surface area contributed by atoms with Gasteiger partial charge in [0.2, 0.25) is 17.7 Å². The molecule has 0 aromatic heterocycles. The van der Waals surface area contributed by atoms with Crippen molar-refractivity contribution in [1.29, 1.82) is 0 Å². The minimum atomic E-state index is -0.292. The average molecular weight is 332 g/mol. The summed E-state index contributed by atoms with van der Waals surface area (Å²) in [5.74, 6) is -0.536. The molecule has 1 aliphatic rings. The molecule has 1 aliphatic heterocycles. The topological polar surface area (TPSA) is 84.9 Å². The number of hydrogen-bond acceptors (Lipinski definition) is 6. The Morgan fingerprint density at radius 3 is 2.77 bits per heavy atom. The van der Waals surface area contributed by atoms with Crippen LogP contribution in [0.2, 0.25) is 0 Å². The molecule has 0 aromatic carbocycles. The number of ether oxygens (including phenoxy) is 2. The van der Waals surface area contributed by atoms with E-state index >= 15 is 0 Å². The fourth-order valence-corrected chi connectivity index (χ4v) is 2.66. The third kappa shape index (κ3) is 6.33. The van der Waals surface area contributed by atoms with Crippen molar-refractivity contribution in [2.24, 2.45) is 0 Å². The summed E-state index contributed by atoms with van der Waals surface area (Å²) in [6.07, 6.45) is 2.90. The second-order valence-corrected chi connectivity index (χ2v) is 5.91. The Labute approximate surface area is 135 Å². The zero-order valence-corrected chi connectivity index (χ0v) is 13.9. The van der Waals surface area contributed by atoms with E-state index in [1.54, 1.807) is 13.4 Å².